The third-order valence-corrected chi connectivity index (χ3v) is 5.13. The van der Waals surface area contributed by atoms with Gasteiger partial charge in [0.25, 0.3) is 0 Å². The summed E-state index contributed by atoms with van der Waals surface area (Å²) in [5.74, 6) is -1.02. The molecule has 0 aliphatic carbocycles. The number of hydrogen-bond acceptors (Lipinski definition) is 5. The maximum Gasteiger partial charge on any atom is 0.309 e. The van der Waals surface area contributed by atoms with Crippen molar-refractivity contribution in [1.82, 2.24) is 10.6 Å². The first-order valence-corrected chi connectivity index (χ1v) is 8.57. The third kappa shape index (κ3) is 4.07. The van der Waals surface area contributed by atoms with Gasteiger partial charge in [-0.2, -0.15) is 0 Å². The normalized spacial score (nSPS) is 13.4. The molecule has 1 aromatic carbocycles. The number of rotatable bonds is 5. The van der Waals surface area contributed by atoms with E-state index >= 15 is 0 Å². The Morgan fingerprint density at radius 3 is 2.64 bits per heavy atom. The lowest BCUT2D eigenvalue weighted by Gasteiger charge is -2.22. The summed E-state index contributed by atoms with van der Waals surface area (Å²) >= 11 is 1.46. The molecule has 0 aliphatic heterocycles. The Kier molecular flexibility index (Phi) is 4.87. The van der Waals surface area contributed by atoms with Crippen LogP contribution in [0.4, 0.5) is 0 Å². The van der Waals surface area contributed by atoms with Crippen LogP contribution in [0.3, 0.4) is 0 Å². The Morgan fingerprint density at radius 2 is 1.92 bits per heavy atom. The fourth-order valence-corrected chi connectivity index (χ4v) is 3.43. The van der Waals surface area contributed by atoms with Gasteiger partial charge in [-0.1, -0.05) is 18.2 Å². The van der Waals surface area contributed by atoms with Crippen LogP contribution in [0.25, 0.3) is 10.1 Å². The number of fused-ring (bicyclic) bond motifs is 1. The van der Waals surface area contributed by atoms with Gasteiger partial charge in [-0.3, -0.25) is 9.59 Å². The topological polar surface area (TPSA) is 91.6 Å². The molecule has 25 heavy (non-hydrogen) atoms. The number of thiophene rings is 1. The summed E-state index contributed by atoms with van der Waals surface area (Å²) in [6, 6.07) is 13.1. The third-order valence-electron chi connectivity index (χ3n) is 3.76. The fourth-order valence-electron chi connectivity index (χ4n) is 2.33. The average molecular weight is 358 g/mol. The molecular formula is C18H18N2O4S. The van der Waals surface area contributed by atoms with Gasteiger partial charge < -0.3 is 20.2 Å². The average Bonchev–Trinajstić information content (AvgIpc) is 3.26. The summed E-state index contributed by atoms with van der Waals surface area (Å²) in [5, 5.41) is 16.6. The lowest BCUT2D eigenvalue weighted by molar-refractivity contribution is -0.139. The first kappa shape index (κ1) is 17.2. The first-order chi connectivity index (χ1) is 12.0. The van der Waals surface area contributed by atoms with Crippen molar-refractivity contribution >= 4 is 33.2 Å². The molecule has 0 spiro atoms. The molecule has 0 saturated carbocycles. The van der Waals surface area contributed by atoms with Gasteiger partial charge in [0.05, 0.1) is 19.4 Å². The summed E-state index contributed by atoms with van der Waals surface area (Å²) in [6.07, 6.45) is 1.49. The van der Waals surface area contributed by atoms with Crippen molar-refractivity contribution in [2.45, 2.75) is 19.1 Å². The molecule has 2 heterocycles. The van der Waals surface area contributed by atoms with Gasteiger partial charge in [0.1, 0.15) is 11.4 Å². The van der Waals surface area contributed by atoms with Crippen molar-refractivity contribution in [2.75, 3.05) is 6.54 Å². The number of nitrogens with one attached hydrogen (secondary N) is 2. The molecule has 7 heteroatoms. The van der Waals surface area contributed by atoms with Gasteiger partial charge in [-0.25, -0.2) is 0 Å². The van der Waals surface area contributed by atoms with Crippen LogP contribution in [0.15, 0.2) is 53.1 Å². The zero-order valence-corrected chi connectivity index (χ0v) is 14.4. The SMILES string of the molecule is CC(O)(CNC(=O)C(=O)NCc1ccco1)c1cc2ccccc2s1. The molecule has 3 rings (SSSR count). The van der Waals surface area contributed by atoms with E-state index in [1.54, 1.807) is 19.1 Å². The highest BCUT2D eigenvalue weighted by Crippen LogP contribution is 2.32. The summed E-state index contributed by atoms with van der Waals surface area (Å²) < 4.78 is 6.14. The van der Waals surface area contributed by atoms with Gasteiger partial charge in [-0.15, -0.1) is 11.3 Å². The standard InChI is InChI=1S/C18H18N2O4S/c1-18(23,15-9-12-5-2-3-7-14(12)25-15)11-20-17(22)16(21)19-10-13-6-4-8-24-13/h2-9,23H,10-11H2,1H3,(H,19,21)(H,20,22). The zero-order valence-electron chi connectivity index (χ0n) is 13.6. The second-order valence-corrected chi connectivity index (χ2v) is 6.95. The van der Waals surface area contributed by atoms with E-state index in [0.717, 1.165) is 15.0 Å². The number of hydrogen-bond donors (Lipinski definition) is 3. The van der Waals surface area contributed by atoms with Gasteiger partial charge in [0.15, 0.2) is 0 Å². The maximum atomic E-state index is 11.9. The van der Waals surface area contributed by atoms with Crippen LogP contribution in [0.5, 0.6) is 0 Å². The predicted molar refractivity (Wildman–Crippen MR) is 95.0 cm³/mol. The van der Waals surface area contributed by atoms with Crippen LogP contribution in [0, 0.1) is 0 Å². The monoisotopic (exact) mass is 358 g/mol. The molecule has 130 valence electrons. The van der Waals surface area contributed by atoms with Gasteiger partial charge in [-0.05, 0) is 36.6 Å². The van der Waals surface area contributed by atoms with E-state index in [2.05, 4.69) is 10.6 Å². The molecule has 0 fully saturated rings. The predicted octanol–water partition coefficient (Wildman–Crippen LogP) is 2.13. The van der Waals surface area contributed by atoms with E-state index < -0.39 is 17.4 Å². The highest BCUT2D eigenvalue weighted by Gasteiger charge is 2.27. The van der Waals surface area contributed by atoms with Crippen LogP contribution in [-0.4, -0.2) is 23.5 Å². The summed E-state index contributed by atoms with van der Waals surface area (Å²) in [5.41, 5.74) is -1.26. The number of carbonyl (C=O) groups excluding carboxylic acids is 2. The molecule has 2 amide bonds. The number of aliphatic hydroxyl groups is 1. The van der Waals surface area contributed by atoms with Crippen LogP contribution in [-0.2, 0) is 21.7 Å². The minimum Gasteiger partial charge on any atom is -0.467 e. The molecule has 1 unspecified atom stereocenters. The lowest BCUT2D eigenvalue weighted by atomic mass is 10.0. The molecule has 0 bridgehead atoms. The highest BCUT2D eigenvalue weighted by atomic mass is 32.1. The minimum atomic E-state index is -1.26. The molecule has 0 radical (unpaired) electrons. The molecule has 3 N–H and O–H groups in total. The Morgan fingerprint density at radius 1 is 1.16 bits per heavy atom. The fraction of sp³-hybridized carbons (Fsp3) is 0.222. The first-order valence-electron chi connectivity index (χ1n) is 7.75. The zero-order chi connectivity index (χ0) is 17.9. The molecule has 0 aliphatic rings. The Hall–Kier alpha value is -2.64. The Bertz CT molecular complexity index is 851. The van der Waals surface area contributed by atoms with Crippen molar-refractivity contribution in [2.24, 2.45) is 0 Å². The van der Waals surface area contributed by atoms with E-state index in [0.29, 0.717) is 5.76 Å². The molecule has 6 nitrogen and oxygen atoms in total. The number of benzene rings is 1. The van der Waals surface area contributed by atoms with E-state index in [9.17, 15) is 14.7 Å². The molecular weight excluding hydrogens is 340 g/mol. The van der Waals surface area contributed by atoms with E-state index in [1.807, 2.05) is 30.3 Å². The van der Waals surface area contributed by atoms with Crippen LogP contribution >= 0.6 is 11.3 Å². The van der Waals surface area contributed by atoms with Crippen molar-refractivity contribution in [3.05, 3.63) is 59.4 Å². The lowest BCUT2D eigenvalue weighted by Crippen LogP contribution is -2.45. The Labute approximate surface area is 148 Å². The minimum absolute atomic E-state index is 0.0627. The van der Waals surface area contributed by atoms with Gasteiger partial charge in [0, 0.05) is 9.58 Å². The van der Waals surface area contributed by atoms with Crippen LogP contribution in [0.2, 0.25) is 0 Å². The second kappa shape index (κ2) is 7.08. The number of furan rings is 1. The summed E-state index contributed by atoms with van der Waals surface area (Å²) in [7, 11) is 0. The molecule has 2 aromatic heterocycles. The van der Waals surface area contributed by atoms with Crippen LogP contribution < -0.4 is 10.6 Å². The van der Waals surface area contributed by atoms with Crippen molar-refractivity contribution in [1.29, 1.82) is 0 Å². The highest BCUT2D eigenvalue weighted by molar-refractivity contribution is 7.19. The quantitative estimate of drug-likeness (QED) is 0.609. The van der Waals surface area contributed by atoms with Crippen molar-refractivity contribution < 1.29 is 19.1 Å². The second-order valence-electron chi connectivity index (χ2n) is 5.87. The van der Waals surface area contributed by atoms with Crippen LogP contribution in [0.1, 0.15) is 17.6 Å². The number of amides is 2. The number of carbonyl (C=O) groups is 2. The maximum absolute atomic E-state index is 11.9. The summed E-state index contributed by atoms with van der Waals surface area (Å²) in [6.45, 7) is 1.68. The van der Waals surface area contributed by atoms with E-state index in [1.165, 1.54) is 17.6 Å². The molecule has 1 atom stereocenters. The summed E-state index contributed by atoms with van der Waals surface area (Å²) in [4.78, 5) is 24.4. The van der Waals surface area contributed by atoms with Crippen molar-refractivity contribution in [3.8, 4) is 0 Å². The molecule has 0 saturated heterocycles. The largest absolute Gasteiger partial charge is 0.467 e. The Balaban J connectivity index is 1.57. The smallest absolute Gasteiger partial charge is 0.309 e. The van der Waals surface area contributed by atoms with Crippen molar-refractivity contribution in [3.63, 3.8) is 0 Å². The molecule has 3 aromatic rings. The van der Waals surface area contributed by atoms with E-state index in [-0.39, 0.29) is 13.1 Å². The van der Waals surface area contributed by atoms with Gasteiger partial charge in [0.2, 0.25) is 0 Å². The van der Waals surface area contributed by atoms with Gasteiger partial charge >= 0.3 is 11.8 Å². The van der Waals surface area contributed by atoms with E-state index in [4.69, 9.17) is 4.42 Å².